The fraction of sp³-hybridized carbons (Fsp3) is 0.373. The number of nitrogens with zero attached hydrogens (tertiary/aromatic N) is 4. The molecular formula is C51H58N4OPt-2. The van der Waals surface area contributed by atoms with Gasteiger partial charge in [0.1, 0.15) is 5.82 Å². The summed E-state index contributed by atoms with van der Waals surface area (Å²) < 4.78 is 13.3. The fourth-order valence-corrected chi connectivity index (χ4v) is 7.59. The van der Waals surface area contributed by atoms with Gasteiger partial charge in [-0.3, -0.25) is 4.57 Å². The summed E-state index contributed by atoms with van der Waals surface area (Å²) >= 11 is 0. The number of aromatic nitrogens is 4. The summed E-state index contributed by atoms with van der Waals surface area (Å²) in [5.41, 5.74) is 9.82. The molecule has 0 bridgehead atoms. The molecular weight excluding hydrogens is 880 g/mol. The Kier molecular flexibility index (Phi) is 11.1. The van der Waals surface area contributed by atoms with Gasteiger partial charge in [0.25, 0.3) is 6.33 Å². The van der Waals surface area contributed by atoms with E-state index >= 15 is 0 Å². The van der Waals surface area contributed by atoms with E-state index < -0.39 is 0 Å². The first-order valence-corrected chi connectivity index (χ1v) is 20.0. The molecule has 4 aromatic carbocycles. The van der Waals surface area contributed by atoms with Crippen LogP contribution in [0, 0.1) is 18.5 Å². The SMILES string of the molecule is CC(C)c1ccnc(-n2c3[c-]c(Oc4[c-]c(-n5[c-][n+](-c6cc(C(C)(C)C)cc(C(C)(C)C)c6)c(C(C)(C)C)c5C(C)(C)C)ccc4)ccc3c3ccccc32)c1.[Pt]. The number of para-hydroxylation sites is 1. The van der Waals surface area contributed by atoms with Gasteiger partial charge >= 0.3 is 0 Å². The van der Waals surface area contributed by atoms with Crippen LogP contribution in [-0.2, 0) is 42.7 Å². The predicted molar refractivity (Wildman–Crippen MR) is 231 cm³/mol. The summed E-state index contributed by atoms with van der Waals surface area (Å²) in [6.45, 7) is 31.9. The van der Waals surface area contributed by atoms with Crippen molar-refractivity contribution in [3.63, 3.8) is 0 Å². The van der Waals surface area contributed by atoms with Crippen LogP contribution >= 0.6 is 0 Å². The number of fused-ring (bicyclic) bond motifs is 3. The van der Waals surface area contributed by atoms with Crippen LogP contribution in [0.25, 0.3) is 39.0 Å². The van der Waals surface area contributed by atoms with Gasteiger partial charge in [-0.05, 0) is 85.7 Å². The maximum Gasteiger partial charge on any atom is 0.267 e. The molecule has 300 valence electrons. The van der Waals surface area contributed by atoms with E-state index in [9.17, 15) is 0 Å². The zero-order valence-electron chi connectivity index (χ0n) is 36.3. The average molecular weight is 938 g/mol. The number of imidazole rings is 1. The van der Waals surface area contributed by atoms with Crippen LogP contribution < -0.4 is 9.30 Å². The molecule has 0 aliphatic rings. The van der Waals surface area contributed by atoms with E-state index in [1.54, 1.807) is 0 Å². The smallest absolute Gasteiger partial charge is 0.267 e. The third kappa shape index (κ3) is 8.28. The number of ether oxygens (including phenoxy) is 1. The molecule has 5 nitrogen and oxygen atoms in total. The van der Waals surface area contributed by atoms with Gasteiger partial charge in [0.15, 0.2) is 0 Å². The number of benzene rings is 4. The maximum atomic E-state index is 6.64. The van der Waals surface area contributed by atoms with E-state index in [1.807, 2.05) is 24.4 Å². The van der Waals surface area contributed by atoms with Crippen molar-refractivity contribution in [2.75, 3.05) is 0 Å². The van der Waals surface area contributed by atoms with Gasteiger partial charge in [-0.15, -0.1) is 29.7 Å². The van der Waals surface area contributed by atoms with Crippen molar-refractivity contribution in [3.05, 3.63) is 138 Å². The first kappa shape index (κ1) is 42.1. The minimum absolute atomic E-state index is 0. The van der Waals surface area contributed by atoms with Gasteiger partial charge in [0.05, 0.1) is 17.1 Å². The second kappa shape index (κ2) is 15.0. The first-order valence-electron chi connectivity index (χ1n) is 20.0. The third-order valence-corrected chi connectivity index (χ3v) is 10.6. The van der Waals surface area contributed by atoms with E-state index in [1.165, 1.54) is 28.1 Å². The van der Waals surface area contributed by atoms with Crippen molar-refractivity contribution in [1.82, 2.24) is 14.1 Å². The quantitative estimate of drug-likeness (QED) is 0.123. The molecule has 7 rings (SSSR count). The first-order chi connectivity index (χ1) is 26.1. The van der Waals surface area contributed by atoms with Crippen molar-refractivity contribution in [2.45, 2.75) is 125 Å². The van der Waals surface area contributed by atoms with Crippen molar-refractivity contribution in [1.29, 1.82) is 0 Å². The Labute approximate surface area is 355 Å². The number of hydrogen-bond donors (Lipinski definition) is 0. The molecule has 0 N–H and O–H groups in total. The molecule has 0 aliphatic heterocycles. The van der Waals surface area contributed by atoms with E-state index in [2.05, 4.69) is 196 Å². The Morgan fingerprint density at radius 3 is 1.91 bits per heavy atom. The van der Waals surface area contributed by atoms with Crippen LogP contribution in [0.15, 0.2) is 91.1 Å². The standard InChI is InChI=1S/C51H58N4O.Pt/c1-33(2)34-24-25-52-45(26-34)55-43-21-16-15-20-41(43)42-23-22-40(31-44(42)55)56-39-19-17-18-37(30-39)53-32-54(47(51(12,13)14)46(53)50(9,10)11)38-28-35(48(3,4)5)27-36(29-38)49(6,7)8;/h15-29,33H,1-14H3;/q-2;. The molecule has 57 heavy (non-hydrogen) atoms. The maximum absolute atomic E-state index is 6.64. The van der Waals surface area contributed by atoms with Gasteiger partial charge in [-0.2, -0.15) is 18.2 Å². The molecule has 0 saturated heterocycles. The van der Waals surface area contributed by atoms with Crippen LogP contribution in [0.1, 0.15) is 131 Å². The summed E-state index contributed by atoms with van der Waals surface area (Å²) in [5.74, 6) is 2.47. The summed E-state index contributed by atoms with van der Waals surface area (Å²) in [4.78, 5) is 4.82. The minimum atomic E-state index is -0.212. The third-order valence-electron chi connectivity index (χ3n) is 10.6. The predicted octanol–water partition coefficient (Wildman–Crippen LogP) is 12.7. The van der Waals surface area contributed by atoms with Gasteiger partial charge in [0.2, 0.25) is 0 Å². The normalized spacial score (nSPS) is 12.8. The topological polar surface area (TPSA) is 35.9 Å². The summed E-state index contributed by atoms with van der Waals surface area (Å²) in [6, 6.07) is 37.3. The van der Waals surface area contributed by atoms with Crippen molar-refractivity contribution < 1.29 is 30.4 Å². The fourth-order valence-electron chi connectivity index (χ4n) is 7.59. The summed E-state index contributed by atoms with van der Waals surface area (Å²) in [6.07, 6.45) is 5.75. The Hall–Kier alpha value is -4.47. The van der Waals surface area contributed by atoms with Crippen molar-refractivity contribution in [3.8, 4) is 28.7 Å². The largest absolute Gasteiger partial charge is 0.510 e. The molecule has 7 aromatic rings. The number of hydrogen-bond acceptors (Lipinski definition) is 2. The summed E-state index contributed by atoms with van der Waals surface area (Å²) in [7, 11) is 0. The molecule has 3 aromatic heterocycles. The molecule has 0 spiro atoms. The average Bonchev–Trinajstić information content (AvgIpc) is 3.69. The Balaban J connectivity index is 0.00000549. The monoisotopic (exact) mass is 937 g/mol. The van der Waals surface area contributed by atoms with Gasteiger partial charge < -0.3 is 13.9 Å². The van der Waals surface area contributed by atoms with Gasteiger partial charge in [-0.1, -0.05) is 127 Å². The molecule has 3 heterocycles. The molecule has 0 amide bonds. The van der Waals surface area contributed by atoms with Gasteiger partial charge in [-0.25, -0.2) is 4.98 Å². The summed E-state index contributed by atoms with van der Waals surface area (Å²) in [5, 5.41) is 2.25. The van der Waals surface area contributed by atoms with Crippen molar-refractivity contribution in [2.24, 2.45) is 0 Å². The molecule has 0 unspecified atom stereocenters. The Bertz CT molecular complexity index is 2550. The number of pyridine rings is 1. The zero-order valence-corrected chi connectivity index (χ0v) is 38.5. The molecule has 0 aliphatic carbocycles. The minimum Gasteiger partial charge on any atom is -0.510 e. The van der Waals surface area contributed by atoms with E-state index in [0.29, 0.717) is 17.4 Å². The van der Waals surface area contributed by atoms with Crippen LogP contribution in [0.4, 0.5) is 0 Å². The Morgan fingerprint density at radius 2 is 1.30 bits per heavy atom. The molecule has 0 atom stereocenters. The van der Waals surface area contributed by atoms with Crippen molar-refractivity contribution >= 4 is 21.8 Å². The number of rotatable bonds is 6. The second-order valence-corrected chi connectivity index (χ2v) is 19.8. The van der Waals surface area contributed by atoms with E-state index in [4.69, 9.17) is 9.72 Å². The van der Waals surface area contributed by atoms with E-state index in [-0.39, 0.29) is 42.7 Å². The van der Waals surface area contributed by atoms with Crippen LogP contribution in [0.2, 0.25) is 0 Å². The molecule has 0 saturated carbocycles. The molecule has 0 radical (unpaired) electrons. The second-order valence-electron chi connectivity index (χ2n) is 19.8. The van der Waals surface area contributed by atoms with Crippen LogP contribution in [0.5, 0.6) is 11.5 Å². The van der Waals surface area contributed by atoms with Gasteiger partial charge in [0, 0.05) is 44.3 Å². The molecule has 6 heteroatoms. The van der Waals surface area contributed by atoms with E-state index in [0.717, 1.165) is 39.0 Å². The zero-order chi connectivity index (χ0) is 40.5. The van der Waals surface area contributed by atoms with Crippen LogP contribution in [0.3, 0.4) is 0 Å². The Morgan fingerprint density at radius 1 is 0.649 bits per heavy atom. The molecule has 0 fully saturated rings. The van der Waals surface area contributed by atoms with Crippen LogP contribution in [-0.4, -0.2) is 14.1 Å².